The number of hydrogen-bond acceptors (Lipinski definition) is 3. The van der Waals surface area contributed by atoms with Crippen molar-refractivity contribution < 1.29 is 14.6 Å². The summed E-state index contributed by atoms with van der Waals surface area (Å²) in [5, 5.41) is 10.3. The highest BCUT2D eigenvalue weighted by Crippen LogP contribution is 2.34. The number of hydrogen-bond donors (Lipinski definition) is 3. The molecule has 4 N–H and O–H groups in total. The summed E-state index contributed by atoms with van der Waals surface area (Å²) in [6.45, 7) is 0. The number of rotatable bonds is 5. The number of para-hydroxylation sites is 1. The van der Waals surface area contributed by atoms with Crippen LogP contribution in [0.2, 0.25) is 0 Å². The molecule has 0 aliphatic rings. The van der Waals surface area contributed by atoms with Gasteiger partial charge in [-0.3, -0.25) is 4.79 Å². The minimum absolute atomic E-state index is 0.480. The Labute approximate surface area is 156 Å². The van der Waals surface area contributed by atoms with Crippen molar-refractivity contribution >= 4 is 16.9 Å². The second-order valence-corrected chi connectivity index (χ2v) is 6.26. The molecule has 0 spiro atoms. The molecular formula is C22H18N2O3. The normalized spacial score (nSPS) is 12.0. The fraction of sp³-hybridized carbons (Fsp3) is 0.0455. The summed E-state index contributed by atoms with van der Waals surface area (Å²) in [5.74, 6) is 0.119. The van der Waals surface area contributed by atoms with Crippen LogP contribution in [0.15, 0.2) is 78.9 Å². The van der Waals surface area contributed by atoms with Crippen LogP contribution in [-0.4, -0.2) is 16.1 Å². The summed E-state index contributed by atoms with van der Waals surface area (Å²) in [4.78, 5) is 14.8. The molecule has 1 heterocycles. The minimum Gasteiger partial charge on any atom is -0.480 e. The number of carboxylic acid groups (broad SMARTS) is 1. The summed E-state index contributed by atoms with van der Waals surface area (Å²) in [6.07, 6.45) is 0. The third-order valence-electron chi connectivity index (χ3n) is 4.40. The molecule has 3 aromatic carbocycles. The Morgan fingerprint density at radius 1 is 0.926 bits per heavy atom. The minimum atomic E-state index is -1.16. The Balaban J connectivity index is 1.85. The summed E-state index contributed by atoms with van der Waals surface area (Å²) in [7, 11) is 0. The zero-order chi connectivity index (χ0) is 18.8. The number of carboxylic acids is 1. The zero-order valence-corrected chi connectivity index (χ0v) is 14.4. The van der Waals surface area contributed by atoms with Crippen molar-refractivity contribution in [2.75, 3.05) is 0 Å². The van der Waals surface area contributed by atoms with Crippen LogP contribution >= 0.6 is 0 Å². The molecule has 0 saturated carbocycles. The van der Waals surface area contributed by atoms with Gasteiger partial charge in [0.25, 0.3) is 0 Å². The number of carbonyl (C=O) groups is 1. The van der Waals surface area contributed by atoms with Gasteiger partial charge in [-0.1, -0.05) is 48.5 Å². The molecule has 4 rings (SSSR count). The quantitative estimate of drug-likeness (QED) is 0.482. The molecule has 0 fully saturated rings. The van der Waals surface area contributed by atoms with E-state index < -0.39 is 12.0 Å². The molecule has 5 heteroatoms. The summed E-state index contributed by atoms with van der Waals surface area (Å²) < 4.78 is 5.91. The van der Waals surface area contributed by atoms with E-state index in [9.17, 15) is 9.90 Å². The standard InChI is InChI=1S/C22H18N2O3/c23-20(22(25)26)18-13-17(27-16-9-5-2-6-10-16)11-15-12-19(24-21(15)18)14-7-3-1-4-8-14/h1-13,20,24H,23H2,(H,25,26). The van der Waals surface area contributed by atoms with Gasteiger partial charge in [0.2, 0.25) is 0 Å². The van der Waals surface area contributed by atoms with Gasteiger partial charge in [-0.2, -0.15) is 0 Å². The lowest BCUT2D eigenvalue weighted by atomic mass is 10.0. The van der Waals surface area contributed by atoms with Crippen molar-refractivity contribution in [3.8, 4) is 22.8 Å². The van der Waals surface area contributed by atoms with E-state index in [0.29, 0.717) is 22.6 Å². The first-order valence-corrected chi connectivity index (χ1v) is 8.55. The number of H-pyrrole nitrogens is 1. The van der Waals surface area contributed by atoms with E-state index in [1.807, 2.05) is 72.8 Å². The van der Waals surface area contributed by atoms with Crippen LogP contribution in [0.25, 0.3) is 22.2 Å². The summed E-state index contributed by atoms with van der Waals surface area (Å²) in [5.41, 5.74) is 9.02. The van der Waals surface area contributed by atoms with Crippen LogP contribution in [0.4, 0.5) is 0 Å². The maximum absolute atomic E-state index is 11.5. The van der Waals surface area contributed by atoms with Crippen molar-refractivity contribution in [2.45, 2.75) is 6.04 Å². The van der Waals surface area contributed by atoms with E-state index >= 15 is 0 Å². The number of aliphatic carboxylic acids is 1. The number of aromatic amines is 1. The molecule has 5 nitrogen and oxygen atoms in total. The summed E-state index contributed by atoms with van der Waals surface area (Å²) in [6, 6.07) is 23.5. The van der Waals surface area contributed by atoms with Gasteiger partial charge in [-0.15, -0.1) is 0 Å². The lowest BCUT2D eigenvalue weighted by molar-refractivity contribution is -0.138. The third kappa shape index (κ3) is 3.41. The van der Waals surface area contributed by atoms with Crippen molar-refractivity contribution in [3.63, 3.8) is 0 Å². The van der Waals surface area contributed by atoms with E-state index in [4.69, 9.17) is 10.5 Å². The predicted molar refractivity (Wildman–Crippen MR) is 105 cm³/mol. The molecule has 1 aromatic heterocycles. The van der Waals surface area contributed by atoms with Crippen LogP contribution in [0.5, 0.6) is 11.5 Å². The third-order valence-corrected chi connectivity index (χ3v) is 4.40. The van der Waals surface area contributed by atoms with E-state index in [2.05, 4.69) is 4.98 Å². The number of benzene rings is 3. The number of nitrogens with one attached hydrogen (secondary N) is 1. The highest BCUT2D eigenvalue weighted by atomic mass is 16.5. The van der Waals surface area contributed by atoms with Gasteiger partial charge in [-0.25, -0.2) is 0 Å². The topological polar surface area (TPSA) is 88.3 Å². The molecule has 134 valence electrons. The van der Waals surface area contributed by atoms with Crippen molar-refractivity contribution in [1.29, 1.82) is 0 Å². The van der Waals surface area contributed by atoms with Crippen molar-refractivity contribution in [3.05, 3.63) is 84.4 Å². The fourth-order valence-corrected chi connectivity index (χ4v) is 3.08. The Morgan fingerprint density at radius 3 is 2.26 bits per heavy atom. The van der Waals surface area contributed by atoms with Crippen LogP contribution < -0.4 is 10.5 Å². The van der Waals surface area contributed by atoms with Crippen LogP contribution in [-0.2, 0) is 4.79 Å². The van der Waals surface area contributed by atoms with Crippen LogP contribution in [0.1, 0.15) is 11.6 Å². The molecular weight excluding hydrogens is 340 g/mol. The molecule has 1 unspecified atom stereocenters. The largest absolute Gasteiger partial charge is 0.480 e. The molecule has 1 atom stereocenters. The van der Waals surface area contributed by atoms with E-state index in [-0.39, 0.29) is 0 Å². The number of nitrogens with two attached hydrogens (primary N) is 1. The van der Waals surface area contributed by atoms with E-state index in [1.54, 1.807) is 6.07 Å². The lowest BCUT2D eigenvalue weighted by Gasteiger charge is -2.12. The van der Waals surface area contributed by atoms with Crippen molar-refractivity contribution in [1.82, 2.24) is 4.98 Å². The van der Waals surface area contributed by atoms with Crippen LogP contribution in [0, 0.1) is 0 Å². The summed E-state index contributed by atoms with van der Waals surface area (Å²) >= 11 is 0. The van der Waals surface area contributed by atoms with Gasteiger partial charge in [0.05, 0.1) is 5.52 Å². The average molecular weight is 358 g/mol. The molecule has 0 amide bonds. The molecule has 0 aliphatic carbocycles. The maximum atomic E-state index is 11.5. The predicted octanol–water partition coefficient (Wildman–Crippen LogP) is 4.71. The Morgan fingerprint density at radius 2 is 1.59 bits per heavy atom. The zero-order valence-electron chi connectivity index (χ0n) is 14.4. The molecule has 4 aromatic rings. The fourth-order valence-electron chi connectivity index (χ4n) is 3.08. The number of aromatic nitrogens is 1. The highest BCUT2D eigenvalue weighted by Gasteiger charge is 2.20. The first kappa shape index (κ1) is 16.9. The van der Waals surface area contributed by atoms with Crippen LogP contribution in [0.3, 0.4) is 0 Å². The first-order valence-electron chi connectivity index (χ1n) is 8.55. The van der Waals surface area contributed by atoms with Crippen molar-refractivity contribution in [2.24, 2.45) is 5.73 Å². The monoisotopic (exact) mass is 358 g/mol. The van der Waals surface area contributed by atoms with Gasteiger partial charge < -0.3 is 20.6 Å². The Kier molecular flexibility index (Phi) is 4.36. The Bertz CT molecular complexity index is 1090. The second kappa shape index (κ2) is 6.97. The lowest BCUT2D eigenvalue weighted by Crippen LogP contribution is -2.21. The average Bonchev–Trinajstić information content (AvgIpc) is 3.12. The smallest absolute Gasteiger partial charge is 0.325 e. The molecule has 0 saturated heterocycles. The van der Waals surface area contributed by atoms with Gasteiger partial charge in [0.1, 0.15) is 17.5 Å². The number of ether oxygens (including phenoxy) is 1. The molecule has 0 radical (unpaired) electrons. The van der Waals surface area contributed by atoms with E-state index in [1.165, 1.54) is 0 Å². The van der Waals surface area contributed by atoms with Gasteiger partial charge in [0, 0.05) is 16.6 Å². The van der Waals surface area contributed by atoms with Gasteiger partial charge >= 0.3 is 5.97 Å². The molecule has 0 aliphatic heterocycles. The molecule has 27 heavy (non-hydrogen) atoms. The molecule has 0 bridgehead atoms. The SMILES string of the molecule is NC(C(=O)O)c1cc(Oc2ccccc2)cc2cc(-c3ccccc3)[nH]c12. The Hall–Kier alpha value is -3.57. The van der Waals surface area contributed by atoms with Gasteiger partial charge in [0.15, 0.2) is 0 Å². The van der Waals surface area contributed by atoms with Gasteiger partial charge in [-0.05, 0) is 35.9 Å². The number of fused-ring (bicyclic) bond motifs is 1. The first-order chi connectivity index (χ1) is 13.1. The maximum Gasteiger partial charge on any atom is 0.325 e. The highest BCUT2D eigenvalue weighted by molar-refractivity contribution is 5.93. The second-order valence-electron chi connectivity index (χ2n) is 6.26. The van der Waals surface area contributed by atoms with E-state index in [0.717, 1.165) is 16.6 Å².